The fourth-order valence-electron chi connectivity index (χ4n) is 3.27. The molecule has 3 unspecified atom stereocenters. The average Bonchev–Trinajstić information content (AvgIpc) is 3.22. The molecule has 1 saturated heterocycles. The Morgan fingerprint density at radius 3 is 2.67 bits per heavy atom. The third-order valence-corrected chi connectivity index (χ3v) is 5.03. The van der Waals surface area contributed by atoms with Gasteiger partial charge in [0.25, 0.3) is 0 Å². The Bertz CT molecular complexity index is 602. The first kappa shape index (κ1) is 17.0. The average molecular weight is 335 g/mol. The number of benzene rings is 1. The molecule has 1 aromatic carbocycles. The summed E-state index contributed by atoms with van der Waals surface area (Å²) in [6, 6.07) is 4.46. The van der Waals surface area contributed by atoms with Crippen molar-refractivity contribution in [2.24, 2.45) is 5.92 Å². The van der Waals surface area contributed by atoms with Crippen LogP contribution in [0.1, 0.15) is 44.7 Å². The highest BCUT2D eigenvalue weighted by Gasteiger charge is 2.34. The molecule has 2 amide bonds. The van der Waals surface area contributed by atoms with Gasteiger partial charge in [0.2, 0.25) is 0 Å². The summed E-state index contributed by atoms with van der Waals surface area (Å²) in [7, 11) is 0. The number of hydrogen-bond acceptors (Lipinski definition) is 3. The van der Waals surface area contributed by atoms with Gasteiger partial charge in [-0.05, 0) is 50.3 Å². The molecule has 1 saturated carbocycles. The largest absolute Gasteiger partial charge is 0.393 e. The van der Waals surface area contributed by atoms with Gasteiger partial charge in [-0.2, -0.15) is 0 Å². The standard InChI is InChI=1S/C18H26FN3O2/c1-11-9-16(11)21-18(24)20-12(2)15-10-13(19)3-4-17(15)22-7-5-14(23)6-8-22/h3-4,10-12,14,16,23H,5-9H2,1-2H3,(H2,20,21,24). The smallest absolute Gasteiger partial charge is 0.315 e. The second-order valence-electron chi connectivity index (χ2n) is 7.08. The van der Waals surface area contributed by atoms with Crippen molar-refractivity contribution in [1.29, 1.82) is 0 Å². The molecule has 0 bridgehead atoms. The highest BCUT2D eigenvalue weighted by molar-refractivity contribution is 5.75. The van der Waals surface area contributed by atoms with Gasteiger partial charge in [0.05, 0.1) is 12.1 Å². The number of halogens is 1. The SMILES string of the molecule is CC(NC(=O)NC1CC1C)c1cc(F)ccc1N1CCC(O)CC1. The van der Waals surface area contributed by atoms with Gasteiger partial charge in [-0.3, -0.25) is 0 Å². The molecule has 1 aliphatic carbocycles. The molecule has 3 atom stereocenters. The summed E-state index contributed by atoms with van der Waals surface area (Å²) in [5.74, 6) is 0.228. The lowest BCUT2D eigenvalue weighted by Gasteiger charge is -2.34. The predicted molar refractivity (Wildman–Crippen MR) is 91.5 cm³/mol. The van der Waals surface area contributed by atoms with E-state index in [4.69, 9.17) is 0 Å². The molecular formula is C18H26FN3O2. The van der Waals surface area contributed by atoms with E-state index in [1.54, 1.807) is 6.07 Å². The Hall–Kier alpha value is -1.82. The van der Waals surface area contributed by atoms with E-state index in [1.165, 1.54) is 12.1 Å². The van der Waals surface area contributed by atoms with Crippen LogP contribution in [0.25, 0.3) is 0 Å². The number of hydrogen-bond donors (Lipinski definition) is 3. The van der Waals surface area contributed by atoms with Crippen molar-refractivity contribution >= 4 is 11.7 Å². The lowest BCUT2D eigenvalue weighted by Crippen LogP contribution is -2.40. The molecule has 2 fully saturated rings. The van der Waals surface area contributed by atoms with Crippen molar-refractivity contribution < 1.29 is 14.3 Å². The van der Waals surface area contributed by atoms with Crippen LogP contribution in [0.2, 0.25) is 0 Å². The first-order valence-electron chi connectivity index (χ1n) is 8.73. The minimum absolute atomic E-state index is 0.207. The number of aliphatic hydroxyl groups is 1. The van der Waals surface area contributed by atoms with Crippen LogP contribution >= 0.6 is 0 Å². The van der Waals surface area contributed by atoms with Gasteiger partial charge in [0, 0.05) is 30.4 Å². The van der Waals surface area contributed by atoms with Crippen LogP contribution in [-0.2, 0) is 0 Å². The van der Waals surface area contributed by atoms with Gasteiger partial charge < -0.3 is 20.6 Å². The minimum atomic E-state index is -0.310. The maximum absolute atomic E-state index is 13.8. The number of anilines is 1. The zero-order valence-corrected chi connectivity index (χ0v) is 14.3. The molecular weight excluding hydrogens is 309 g/mol. The van der Waals surface area contributed by atoms with Crippen LogP contribution in [0.15, 0.2) is 18.2 Å². The summed E-state index contributed by atoms with van der Waals surface area (Å²) < 4.78 is 13.8. The number of rotatable bonds is 4. The fourth-order valence-corrected chi connectivity index (χ4v) is 3.27. The number of amides is 2. The summed E-state index contributed by atoms with van der Waals surface area (Å²) in [6.07, 6.45) is 2.17. The molecule has 0 aromatic heterocycles. The Kier molecular flexibility index (Phi) is 4.94. The highest BCUT2D eigenvalue weighted by atomic mass is 19.1. The Labute approximate surface area is 142 Å². The van der Waals surface area contributed by atoms with E-state index in [1.807, 2.05) is 6.92 Å². The number of carbonyl (C=O) groups excluding carboxylic acids is 1. The molecule has 132 valence electrons. The maximum atomic E-state index is 13.8. The van der Waals surface area contributed by atoms with Crippen LogP contribution in [-0.4, -0.2) is 36.4 Å². The highest BCUT2D eigenvalue weighted by Crippen LogP contribution is 2.31. The number of urea groups is 1. The first-order chi connectivity index (χ1) is 11.4. The first-order valence-corrected chi connectivity index (χ1v) is 8.73. The van der Waals surface area contributed by atoms with E-state index < -0.39 is 0 Å². The van der Waals surface area contributed by atoms with Crippen molar-refractivity contribution in [2.75, 3.05) is 18.0 Å². The summed E-state index contributed by atoms with van der Waals surface area (Å²) in [4.78, 5) is 14.2. The molecule has 2 aliphatic rings. The third kappa shape index (κ3) is 3.98. The van der Waals surface area contributed by atoms with Gasteiger partial charge in [-0.25, -0.2) is 9.18 Å². The summed E-state index contributed by atoms with van der Waals surface area (Å²) in [5.41, 5.74) is 1.70. The van der Waals surface area contributed by atoms with Gasteiger partial charge in [0.15, 0.2) is 0 Å². The maximum Gasteiger partial charge on any atom is 0.315 e. The second-order valence-corrected chi connectivity index (χ2v) is 7.08. The lowest BCUT2D eigenvalue weighted by atomic mass is 10.0. The molecule has 6 heteroatoms. The van der Waals surface area contributed by atoms with Crippen LogP contribution in [0.3, 0.4) is 0 Å². The Balaban J connectivity index is 1.70. The Morgan fingerprint density at radius 2 is 2.04 bits per heavy atom. The monoisotopic (exact) mass is 335 g/mol. The quantitative estimate of drug-likeness (QED) is 0.792. The van der Waals surface area contributed by atoms with E-state index in [-0.39, 0.29) is 30.0 Å². The molecule has 5 nitrogen and oxygen atoms in total. The van der Waals surface area contributed by atoms with Crippen LogP contribution in [0.5, 0.6) is 0 Å². The lowest BCUT2D eigenvalue weighted by molar-refractivity contribution is 0.145. The summed E-state index contributed by atoms with van der Waals surface area (Å²) >= 11 is 0. The number of carbonyl (C=O) groups is 1. The van der Waals surface area contributed by atoms with Crippen molar-refractivity contribution in [3.8, 4) is 0 Å². The number of aliphatic hydroxyl groups excluding tert-OH is 1. The van der Waals surface area contributed by atoms with Crippen LogP contribution < -0.4 is 15.5 Å². The molecule has 3 rings (SSSR count). The number of nitrogens with one attached hydrogen (secondary N) is 2. The molecule has 1 heterocycles. The van der Waals surface area contributed by atoms with E-state index in [9.17, 15) is 14.3 Å². The van der Waals surface area contributed by atoms with Crippen LogP contribution in [0.4, 0.5) is 14.9 Å². The molecule has 1 aliphatic heterocycles. The molecule has 3 N–H and O–H groups in total. The zero-order chi connectivity index (χ0) is 17.3. The third-order valence-electron chi connectivity index (χ3n) is 5.03. The van der Waals surface area contributed by atoms with Crippen LogP contribution in [0, 0.1) is 11.7 Å². The minimum Gasteiger partial charge on any atom is -0.393 e. The molecule has 0 spiro atoms. The van der Waals surface area contributed by atoms with E-state index in [0.717, 1.165) is 30.8 Å². The number of nitrogens with zero attached hydrogens (tertiary/aromatic N) is 1. The topological polar surface area (TPSA) is 64.6 Å². The fraction of sp³-hybridized carbons (Fsp3) is 0.611. The predicted octanol–water partition coefficient (Wildman–Crippen LogP) is 2.56. The summed E-state index contributed by atoms with van der Waals surface area (Å²) in [5, 5.41) is 15.5. The van der Waals surface area contributed by atoms with Gasteiger partial charge in [-0.15, -0.1) is 0 Å². The van der Waals surface area contributed by atoms with E-state index >= 15 is 0 Å². The van der Waals surface area contributed by atoms with Gasteiger partial charge in [-0.1, -0.05) is 6.92 Å². The number of piperidine rings is 1. The summed E-state index contributed by atoms with van der Waals surface area (Å²) in [6.45, 7) is 5.44. The van der Waals surface area contributed by atoms with Crippen molar-refractivity contribution in [1.82, 2.24) is 10.6 Å². The van der Waals surface area contributed by atoms with Gasteiger partial charge in [0.1, 0.15) is 5.82 Å². The van der Waals surface area contributed by atoms with Crippen molar-refractivity contribution in [3.05, 3.63) is 29.6 Å². The van der Waals surface area contributed by atoms with Crippen molar-refractivity contribution in [3.63, 3.8) is 0 Å². The molecule has 24 heavy (non-hydrogen) atoms. The van der Waals surface area contributed by atoms with E-state index in [0.29, 0.717) is 18.8 Å². The normalized spacial score (nSPS) is 25.2. The van der Waals surface area contributed by atoms with Gasteiger partial charge >= 0.3 is 6.03 Å². The Morgan fingerprint density at radius 1 is 1.38 bits per heavy atom. The molecule has 1 aromatic rings. The zero-order valence-electron chi connectivity index (χ0n) is 14.3. The van der Waals surface area contributed by atoms with E-state index in [2.05, 4.69) is 22.5 Å². The second kappa shape index (κ2) is 6.97. The molecule has 0 radical (unpaired) electrons. The van der Waals surface area contributed by atoms with Crippen molar-refractivity contribution in [2.45, 2.75) is 51.3 Å².